The number of aromatic hydroxyl groups is 1. The standard InChI is InChI=1S/C26H33N5O7/c1-15(29-24(35)19(27)13-17-7-9-18(32)10-8-17)23(34)30-20(11-12-22(28)33)25(36)31-21(26(37)38)14-16-5-3-2-4-6-16/h2-10,15,19-21,32H,11-14,27H2,1H3,(H2,28,33)(H,29,35)(H,30,34)(H,31,36)(H,37,38). The number of carboxylic acid groups (broad SMARTS) is 1. The number of nitrogens with one attached hydrogen (secondary N) is 3. The van der Waals surface area contributed by atoms with E-state index in [1.807, 2.05) is 0 Å². The molecule has 0 fully saturated rings. The Morgan fingerprint density at radius 2 is 1.37 bits per heavy atom. The van der Waals surface area contributed by atoms with Gasteiger partial charge in [-0.2, -0.15) is 0 Å². The van der Waals surface area contributed by atoms with Crippen LogP contribution in [0.3, 0.4) is 0 Å². The first-order chi connectivity index (χ1) is 18.0. The summed E-state index contributed by atoms with van der Waals surface area (Å²) in [6, 6.07) is 10.2. The van der Waals surface area contributed by atoms with Crippen LogP contribution in [-0.4, -0.2) is 64.0 Å². The molecular formula is C26H33N5O7. The molecule has 0 saturated carbocycles. The normalized spacial score (nSPS) is 13.8. The lowest BCUT2D eigenvalue weighted by molar-refractivity contribution is -0.142. The highest BCUT2D eigenvalue weighted by Crippen LogP contribution is 2.11. The van der Waals surface area contributed by atoms with E-state index in [9.17, 15) is 34.2 Å². The molecule has 9 N–H and O–H groups in total. The Labute approximate surface area is 219 Å². The minimum atomic E-state index is -1.28. The van der Waals surface area contributed by atoms with Crippen molar-refractivity contribution in [3.8, 4) is 5.75 Å². The van der Waals surface area contributed by atoms with Crippen LogP contribution in [0.4, 0.5) is 0 Å². The van der Waals surface area contributed by atoms with Gasteiger partial charge in [0.1, 0.15) is 23.9 Å². The van der Waals surface area contributed by atoms with Crippen LogP contribution in [0.25, 0.3) is 0 Å². The van der Waals surface area contributed by atoms with E-state index in [1.165, 1.54) is 19.1 Å². The van der Waals surface area contributed by atoms with Crippen LogP contribution < -0.4 is 27.4 Å². The number of aliphatic carboxylic acids is 1. The van der Waals surface area contributed by atoms with Gasteiger partial charge in [-0.25, -0.2) is 4.79 Å². The number of hydrogen-bond donors (Lipinski definition) is 7. The molecule has 0 saturated heterocycles. The topological polar surface area (TPSA) is 214 Å². The van der Waals surface area contributed by atoms with Gasteiger partial charge in [0.05, 0.1) is 6.04 Å². The number of carbonyl (C=O) groups excluding carboxylic acids is 4. The number of rotatable bonds is 14. The number of phenolic OH excluding ortho intramolecular Hbond substituents is 1. The number of carboxylic acids is 1. The van der Waals surface area contributed by atoms with Crippen LogP contribution in [0.1, 0.15) is 30.9 Å². The lowest BCUT2D eigenvalue weighted by Gasteiger charge is -2.23. The summed E-state index contributed by atoms with van der Waals surface area (Å²) < 4.78 is 0. The van der Waals surface area contributed by atoms with E-state index in [0.717, 1.165) is 0 Å². The molecular weight excluding hydrogens is 494 g/mol. The van der Waals surface area contributed by atoms with Gasteiger partial charge in [0, 0.05) is 12.8 Å². The van der Waals surface area contributed by atoms with Crippen molar-refractivity contribution < 1.29 is 34.2 Å². The second-order valence-electron chi connectivity index (χ2n) is 8.86. The molecule has 4 atom stereocenters. The Balaban J connectivity index is 2.01. The first kappa shape index (κ1) is 29.8. The summed E-state index contributed by atoms with van der Waals surface area (Å²) in [6.07, 6.45) is -0.259. The zero-order valence-electron chi connectivity index (χ0n) is 20.9. The molecule has 204 valence electrons. The molecule has 12 nitrogen and oxygen atoms in total. The van der Waals surface area contributed by atoms with Crippen molar-refractivity contribution in [1.29, 1.82) is 0 Å². The lowest BCUT2D eigenvalue weighted by Crippen LogP contribution is -2.56. The average Bonchev–Trinajstić information content (AvgIpc) is 2.87. The van der Waals surface area contributed by atoms with E-state index in [0.29, 0.717) is 11.1 Å². The molecule has 0 radical (unpaired) electrons. The lowest BCUT2D eigenvalue weighted by atomic mass is 10.0. The van der Waals surface area contributed by atoms with Gasteiger partial charge in [0.15, 0.2) is 0 Å². The molecule has 0 heterocycles. The largest absolute Gasteiger partial charge is 0.508 e. The monoisotopic (exact) mass is 527 g/mol. The van der Waals surface area contributed by atoms with Gasteiger partial charge in [0.25, 0.3) is 0 Å². The molecule has 0 aliphatic heterocycles. The molecule has 0 bridgehead atoms. The van der Waals surface area contributed by atoms with Crippen molar-refractivity contribution in [1.82, 2.24) is 16.0 Å². The molecule has 0 aliphatic rings. The third-order valence-electron chi connectivity index (χ3n) is 5.69. The van der Waals surface area contributed by atoms with Gasteiger partial charge in [-0.1, -0.05) is 42.5 Å². The highest BCUT2D eigenvalue weighted by molar-refractivity contribution is 5.94. The van der Waals surface area contributed by atoms with Crippen LogP contribution in [0.15, 0.2) is 54.6 Å². The maximum atomic E-state index is 12.9. The first-order valence-corrected chi connectivity index (χ1v) is 12.0. The van der Waals surface area contributed by atoms with Gasteiger partial charge in [-0.05, 0) is 43.0 Å². The molecule has 4 amide bonds. The zero-order chi connectivity index (χ0) is 28.2. The number of amides is 4. The van der Waals surface area contributed by atoms with E-state index in [1.54, 1.807) is 42.5 Å². The van der Waals surface area contributed by atoms with Gasteiger partial charge in [-0.15, -0.1) is 0 Å². The number of carbonyl (C=O) groups is 5. The van der Waals surface area contributed by atoms with Crippen LogP contribution in [0.5, 0.6) is 5.75 Å². The Bertz CT molecular complexity index is 1120. The summed E-state index contributed by atoms with van der Waals surface area (Å²) >= 11 is 0. The van der Waals surface area contributed by atoms with Gasteiger partial charge < -0.3 is 37.6 Å². The van der Waals surface area contributed by atoms with Crippen LogP contribution in [0.2, 0.25) is 0 Å². The third kappa shape index (κ3) is 9.90. The van der Waals surface area contributed by atoms with Crippen LogP contribution in [-0.2, 0) is 36.8 Å². The molecule has 2 aromatic carbocycles. The molecule has 4 unspecified atom stereocenters. The van der Waals surface area contributed by atoms with Crippen molar-refractivity contribution in [2.75, 3.05) is 0 Å². The third-order valence-corrected chi connectivity index (χ3v) is 5.69. The van der Waals surface area contributed by atoms with Gasteiger partial charge >= 0.3 is 5.97 Å². The predicted molar refractivity (Wildman–Crippen MR) is 137 cm³/mol. The minimum Gasteiger partial charge on any atom is -0.508 e. The first-order valence-electron chi connectivity index (χ1n) is 12.0. The van der Waals surface area contributed by atoms with E-state index in [4.69, 9.17) is 11.5 Å². The van der Waals surface area contributed by atoms with E-state index in [-0.39, 0.29) is 31.4 Å². The smallest absolute Gasteiger partial charge is 0.326 e. The fourth-order valence-electron chi connectivity index (χ4n) is 3.54. The number of hydrogen-bond acceptors (Lipinski definition) is 7. The summed E-state index contributed by atoms with van der Waals surface area (Å²) in [6.45, 7) is 1.39. The SMILES string of the molecule is CC(NC(=O)C(N)Cc1ccc(O)cc1)C(=O)NC(CCC(N)=O)C(=O)NC(Cc1ccccc1)C(=O)O. The summed E-state index contributed by atoms with van der Waals surface area (Å²) in [7, 11) is 0. The van der Waals surface area contributed by atoms with Crippen molar-refractivity contribution in [2.24, 2.45) is 11.5 Å². The maximum absolute atomic E-state index is 12.9. The van der Waals surface area contributed by atoms with Crippen molar-refractivity contribution >= 4 is 29.6 Å². The Morgan fingerprint density at radius 3 is 1.95 bits per heavy atom. The Hall–Kier alpha value is -4.45. The van der Waals surface area contributed by atoms with Crippen LogP contribution >= 0.6 is 0 Å². The predicted octanol–water partition coefficient (Wildman–Crippen LogP) is -0.671. The average molecular weight is 528 g/mol. The maximum Gasteiger partial charge on any atom is 0.326 e. The van der Waals surface area contributed by atoms with Gasteiger partial charge in [0.2, 0.25) is 23.6 Å². The Kier molecular flexibility index (Phi) is 11.2. The van der Waals surface area contributed by atoms with E-state index < -0.39 is 53.8 Å². The molecule has 0 aliphatic carbocycles. The summed E-state index contributed by atoms with van der Waals surface area (Å²) in [5.41, 5.74) is 12.5. The fraction of sp³-hybridized carbons (Fsp3) is 0.346. The van der Waals surface area contributed by atoms with Crippen molar-refractivity contribution in [3.05, 3.63) is 65.7 Å². The van der Waals surface area contributed by atoms with Crippen molar-refractivity contribution in [3.63, 3.8) is 0 Å². The molecule has 0 aromatic heterocycles. The highest BCUT2D eigenvalue weighted by Gasteiger charge is 2.29. The highest BCUT2D eigenvalue weighted by atomic mass is 16.4. The number of nitrogens with two attached hydrogens (primary N) is 2. The molecule has 38 heavy (non-hydrogen) atoms. The number of primary amides is 1. The molecule has 2 aromatic rings. The second-order valence-corrected chi connectivity index (χ2v) is 8.86. The minimum absolute atomic E-state index is 0.00375. The number of benzene rings is 2. The van der Waals surface area contributed by atoms with E-state index >= 15 is 0 Å². The van der Waals surface area contributed by atoms with Crippen LogP contribution in [0, 0.1) is 0 Å². The summed E-state index contributed by atoms with van der Waals surface area (Å²) in [4.78, 5) is 61.2. The molecule has 2 rings (SSSR count). The Morgan fingerprint density at radius 1 is 0.789 bits per heavy atom. The summed E-state index contributed by atoms with van der Waals surface area (Å²) in [5.74, 6) is -4.09. The van der Waals surface area contributed by atoms with Gasteiger partial charge in [-0.3, -0.25) is 19.2 Å². The fourth-order valence-corrected chi connectivity index (χ4v) is 3.54. The summed E-state index contributed by atoms with van der Waals surface area (Å²) in [5, 5.41) is 26.2. The molecule has 12 heteroatoms. The number of phenols is 1. The van der Waals surface area contributed by atoms with Crippen molar-refractivity contribution in [2.45, 2.75) is 56.8 Å². The zero-order valence-corrected chi connectivity index (χ0v) is 20.9. The quantitative estimate of drug-likeness (QED) is 0.167. The second kappa shape index (κ2) is 14.3. The van der Waals surface area contributed by atoms with E-state index in [2.05, 4.69) is 16.0 Å². The molecule has 0 spiro atoms.